The van der Waals surface area contributed by atoms with Gasteiger partial charge in [0.1, 0.15) is 0 Å². The van der Waals surface area contributed by atoms with Crippen molar-refractivity contribution in [3.8, 4) is 11.4 Å². The van der Waals surface area contributed by atoms with E-state index in [9.17, 15) is 4.79 Å². The molecule has 2 aromatic heterocycles. The van der Waals surface area contributed by atoms with Gasteiger partial charge in [-0.1, -0.05) is 0 Å². The highest BCUT2D eigenvalue weighted by Crippen LogP contribution is 2.25. The Hall–Kier alpha value is -2.35. The number of aliphatic hydroxyl groups excluding tert-OH is 1. The monoisotopic (exact) mass is 344 g/mol. The molecule has 0 aromatic carbocycles. The molecule has 8 heteroatoms. The predicted octanol–water partition coefficient (Wildman–Crippen LogP) is 1.10. The van der Waals surface area contributed by atoms with E-state index < -0.39 is 0 Å². The summed E-state index contributed by atoms with van der Waals surface area (Å²) >= 11 is 0. The number of aliphatic hydroxyl groups is 1. The molecule has 1 aliphatic carbocycles. The third-order valence-electron chi connectivity index (χ3n) is 4.58. The number of tetrazole rings is 1. The minimum absolute atomic E-state index is 0.0684. The van der Waals surface area contributed by atoms with Gasteiger partial charge < -0.3 is 10.4 Å². The van der Waals surface area contributed by atoms with Crippen LogP contribution in [-0.2, 0) is 11.3 Å². The zero-order valence-corrected chi connectivity index (χ0v) is 14.4. The molecule has 0 unspecified atom stereocenters. The van der Waals surface area contributed by atoms with E-state index in [0.717, 1.165) is 43.5 Å². The van der Waals surface area contributed by atoms with E-state index in [1.54, 1.807) is 11.0 Å². The van der Waals surface area contributed by atoms with Crippen molar-refractivity contribution >= 4 is 5.91 Å². The van der Waals surface area contributed by atoms with Gasteiger partial charge in [0, 0.05) is 29.9 Å². The molecule has 2 aromatic rings. The molecular formula is C17H24N6O2. The molecule has 0 spiro atoms. The number of rotatable bonds is 6. The smallest absolute Gasteiger partial charge is 0.222 e. The number of aryl methyl sites for hydroxylation is 1. The van der Waals surface area contributed by atoms with Gasteiger partial charge in [-0.3, -0.25) is 9.78 Å². The lowest BCUT2D eigenvalue weighted by molar-refractivity contribution is -0.122. The molecule has 0 atom stereocenters. The zero-order chi connectivity index (χ0) is 17.6. The van der Waals surface area contributed by atoms with Gasteiger partial charge in [-0.05, 0) is 55.9 Å². The van der Waals surface area contributed by atoms with E-state index in [2.05, 4.69) is 25.7 Å². The van der Waals surface area contributed by atoms with Crippen LogP contribution in [0.15, 0.2) is 18.3 Å². The van der Waals surface area contributed by atoms with Crippen molar-refractivity contribution in [1.82, 2.24) is 30.5 Å². The normalized spacial score (nSPS) is 20.4. The fraction of sp³-hybridized carbons (Fsp3) is 0.588. The second kappa shape index (κ2) is 8.15. The van der Waals surface area contributed by atoms with Crippen LogP contribution in [0.2, 0.25) is 0 Å². The summed E-state index contributed by atoms with van der Waals surface area (Å²) in [6.07, 6.45) is 5.88. The summed E-state index contributed by atoms with van der Waals surface area (Å²) in [6, 6.07) is 4.05. The average Bonchev–Trinajstić information content (AvgIpc) is 3.05. The van der Waals surface area contributed by atoms with Crippen molar-refractivity contribution in [2.75, 3.05) is 6.61 Å². The van der Waals surface area contributed by atoms with E-state index in [0.29, 0.717) is 11.7 Å². The van der Waals surface area contributed by atoms with Crippen LogP contribution < -0.4 is 5.32 Å². The lowest BCUT2D eigenvalue weighted by Gasteiger charge is -2.28. The molecule has 1 aliphatic rings. The molecule has 134 valence electrons. The molecule has 25 heavy (non-hydrogen) atoms. The highest BCUT2D eigenvalue weighted by Gasteiger charge is 2.23. The lowest BCUT2D eigenvalue weighted by Crippen LogP contribution is -2.38. The van der Waals surface area contributed by atoms with Gasteiger partial charge in [-0.2, -0.15) is 4.80 Å². The summed E-state index contributed by atoms with van der Waals surface area (Å²) in [5.74, 6) is 1.05. The number of pyridine rings is 1. The van der Waals surface area contributed by atoms with Crippen LogP contribution in [-0.4, -0.2) is 48.9 Å². The maximum atomic E-state index is 11.5. The summed E-state index contributed by atoms with van der Waals surface area (Å²) in [5, 5.41) is 24.5. The van der Waals surface area contributed by atoms with E-state index in [1.807, 2.05) is 19.1 Å². The number of carbonyl (C=O) groups excluding carboxylic acids is 1. The zero-order valence-electron chi connectivity index (χ0n) is 14.4. The first kappa shape index (κ1) is 17.5. The Bertz CT molecular complexity index is 709. The summed E-state index contributed by atoms with van der Waals surface area (Å²) in [7, 11) is 0. The van der Waals surface area contributed by atoms with Crippen molar-refractivity contribution in [3.63, 3.8) is 0 Å². The number of carbonyl (C=O) groups is 1. The maximum Gasteiger partial charge on any atom is 0.222 e. The number of amides is 1. The maximum absolute atomic E-state index is 11.5. The molecule has 1 saturated carbocycles. The van der Waals surface area contributed by atoms with Gasteiger partial charge in [-0.15, -0.1) is 10.2 Å². The third kappa shape index (κ3) is 4.82. The standard InChI is InChI=1S/C17H24N6O2/c1-12-10-14(6-8-18-12)17-20-22-23(21-17)11-13-2-4-15(5-3-13)19-16(25)7-9-24/h6,8,10,13,15,24H,2-5,7,9,11H2,1H3,(H,19,25). The quantitative estimate of drug-likeness (QED) is 0.813. The number of hydrogen-bond donors (Lipinski definition) is 2. The van der Waals surface area contributed by atoms with Crippen molar-refractivity contribution in [1.29, 1.82) is 0 Å². The first-order chi connectivity index (χ1) is 12.1. The second-order valence-corrected chi connectivity index (χ2v) is 6.61. The molecule has 1 fully saturated rings. The number of hydrogen-bond acceptors (Lipinski definition) is 6. The van der Waals surface area contributed by atoms with Gasteiger partial charge in [0.2, 0.25) is 11.7 Å². The van der Waals surface area contributed by atoms with Crippen molar-refractivity contribution in [2.45, 2.75) is 51.6 Å². The first-order valence-electron chi connectivity index (χ1n) is 8.75. The van der Waals surface area contributed by atoms with Crippen molar-refractivity contribution < 1.29 is 9.90 Å². The molecule has 1 amide bonds. The van der Waals surface area contributed by atoms with Crippen LogP contribution in [0.3, 0.4) is 0 Å². The summed E-state index contributed by atoms with van der Waals surface area (Å²) in [4.78, 5) is 17.4. The van der Waals surface area contributed by atoms with E-state index >= 15 is 0 Å². The number of aromatic nitrogens is 5. The van der Waals surface area contributed by atoms with Gasteiger partial charge in [0.05, 0.1) is 13.2 Å². The summed E-state index contributed by atoms with van der Waals surface area (Å²) in [5.41, 5.74) is 1.85. The minimum atomic E-state index is -0.0987. The first-order valence-corrected chi connectivity index (χ1v) is 8.75. The fourth-order valence-corrected chi connectivity index (χ4v) is 3.24. The van der Waals surface area contributed by atoms with Crippen LogP contribution in [0.25, 0.3) is 11.4 Å². The van der Waals surface area contributed by atoms with Gasteiger partial charge in [0.25, 0.3) is 0 Å². The van der Waals surface area contributed by atoms with Crippen LogP contribution in [0.4, 0.5) is 0 Å². The molecular weight excluding hydrogens is 320 g/mol. The van der Waals surface area contributed by atoms with Crippen molar-refractivity contribution in [3.05, 3.63) is 24.0 Å². The molecule has 0 bridgehead atoms. The number of nitrogens with zero attached hydrogens (tertiary/aromatic N) is 5. The highest BCUT2D eigenvalue weighted by molar-refractivity contribution is 5.76. The number of nitrogens with one attached hydrogen (secondary N) is 1. The fourth-order valence-electron chi connectivity index (χ4n) is 3.24. The van der Waals surface area contributed by atoms with E-state index in [-0.39, 0.29) is 25.0 Å². The lowest BCUT2D eigenvalue weighted by atomic mass is 9.86. The van der Waals surface area contributed by atoms with Gasteiger partial charge in [0.15, 0.2) is 0 Å². The summed E-state index contributed by atoms with van der Waals surface area (Å²) in [6.45, 7) is 2.58. The average molecular weight is 344 g/mol. The van der Waals surface area contributed by atoms with E-state index in [1.165, 1.54) is 0 Å². The molecule has 2 N–H and O–H groups in total. The van der Waals surface area contributed by atoms with Crippen LogP contribution >= 0.6 is 0 Å². The van der Waals surface area contributed by atoms with Crippen LogP contribution in [0.1, 0.15) is 37.8 Å². The van der Waals surface area contributed by atoms with Crippen LogP contribution in [0.5, 0.6) is 0 Å². The Morgan fingerprint density at radius 3 is 2.88 bits per heavy atom. The summed E-state index contributed by atoms with van der Waals surface area (Å²) < 4.78 is 0. The third-order valence-corrected chi connectivity index (χ3v) is 4.58. The topological polar surface area (TPSA) is 106 Å². The van der Waals surface area contributed by atoms with E-state index in [4.69, 9.17) is 5.11 Å². The van der Waals surface area contributed by atoms with Crippen molar-refractivity contribution in [2.24, 2.45) is 5.92 Å². The molecule has 0 saturated heterocycles. The van der Waals surface area contributed by atoms with Gasteiger partial charge >= 0.3 is 0 Å². The Morgan fingerprint density at radius 1 is 1.36 bits per heavy atom. The predicted molar refractivity (Wildman–Crippen MR) is 91.4 cm³/mol. The Balaban J connectivity index is 1.50. The minimum Gasteiger partial charge on any atom is -0.396 e. The molecule has 0 radical (unpaired) electrons. The molecule has 2 heterocycles. The second-order valence-electron chi connectivity index (χ2n) is 6.61. The Morgan fingerprint density at radius 2 is 2.16 bits per heavy atom. The Labute approximate surface area is 146 Å². The molecule has 0 aliphatic heterocycles. The van der Waals surface area contributed by atoms with Crippen LogP contribution in [0, 0.1) is 12.8 Å². The molecule has 8 nitrogen and oxygen atoms in total. The Kier molecular flexibility index (Phi) is 5.70. The SMILES string of the molecule is Cc1cc(-c2nnn(CC3CCC(NC(=O)CCO)CC3)n2)ccn1. The molecule has 3 rings (SSSR count). The highest BCUT2D eigenvalue weighted by atomic mass is 16.3. The van der Waals surface area contributed by atoms with Gasteiger partial charge in [-0.25, -0.2) is 0 Å². The largest absolute Gasteiger partial charge is 0.396 e.